The van der Waals surface area contributed by atoms with Crippen LogP contribution in [0, 0.1) is 6.92 Å². The Kier molecular flexibility index (Phi) is 7.18. The number of aliphatic hydroxyl groups is 1. The minimum atomic E-state index is -2.74. The van der Waals surface area contributed by atoms with Crippen LogP contribution in [0.25, 0.3) is 22.0 Å². The molecule has 0 spiro atoms. The van der Waals surface area contributed by atoms with Gasteiger partial charge in [-0.1, -0.05) is 12.1 Å². The van der Waals surface area contributed by atoms with E-state index < -0.39 is 12.5 Å². The average Bonchev–Trinajstić information content (AvgIpc) is 3.81. The predicted molar refractivity (Wildman–Crippen MR) is 162 cm³/mol. The van der Waals surface area contributed by atoms with Gasteiger partial charge in [0.15, 0.2) is 11.2 Å². The van der Waals surface area contributed by atoms with E-state index in [0.717, 1.165) is 67.8 Å². The summed E-state index contributed by atoms with van der Waals surface area (Å²) in [7, 11) is 0. The van der Waals surface area contributed by atoms with Gasteiger partial charge in [0.1, 0.15) is 0 Å². The molecule has 0 radical (unpaired) electrons. The van der Waals surface area contributed by atoms with Crippen molar-refractivity contribution in [3.05, 3.63) is 76.9 Å². The topological polar surface area (TPSA) is 101 Å². The second kappa shape index (κ2) is 11.2. The number of rotatable bonds is 7. The third kappa shape index (κ3) is 5.08. The third-order valence-corrected chi connectivity index (χ3v) is 9.26. The number of carbonyl (C=O) groups is 1. The zero-order valence-corrected chi connectivity index (χ0v) is 24.4. The van der Waals surface area contributed by atoms with Crippen molar-refractivity contribution in [1.29, 1.82) is 0 Å². The molecule has 0 aliphatic carbocycles. The lowest BCUT2D eigenvalue weighted by molar-refractivity contribution is -0.118. The number of amides is 1. The third-order valence-electron chi connectivity index (χ3n) is 8.57. The molecule has 43 heavy (non-hydrogen) atoms. The number of halogens is 2. The molecule has 2 N–H and O–H groups in total. The fourth-order valence-electron chi connectivity index (χ4n) is 6.30. The highest BCUT2D eigenvalue weighted by molar-refractivity contribution is 7.13. The van der Waals surface area contributed by atoms with Crippen LogP contribution in [0.2, 0.25) is 0 Å². The number of thiazole rings is 1. The number of nitrogens with zero attached hydrogens (tertiary/aromatic N) is 6. The van der Waals surface area contributed by atoms with Crippen LogP contribution in [-0.2, 0) is 17.8 Å². The summed E-state index contributed by atoms with van der Waals surface area (Å²) in [6.07, 6.45) is 5.06. The Labute approximate surface area is 250 Å². The van der Waals surface area contributed by atoms with Crippen molar-refractivity contribution < 1.29 is 18.7 Å². The van der Waals surface area contributed by atoms with E-state index in [2.05, 4.69) is 20.2 Å². The second-order valence-electron chi connectivity index (χ2n) is 11.2. The molecule has 5 aromatic rings. The lowest BCUT2D eigenvalue weighted by Gasteiger charge is -2.31. The maximum atomic E-state index is 14.6. The number of benzene rings is 2. The fraction of sp³-hybridized carbons (Fsp3) is 0.355. The van der Waals surface area contributed by atoms with Gasteiger partial charge in [0.2, 0.25) is 0 Å². The van der Waals surface area contributed by atoms with Gasteiger partial charge >= 0.3 is 0 Å². The van der Waals surface area contributed by atoms with E-state index in [1.807, 2.05) is 35.8 Å². The van der Waals surface area contributed by atoms with E-state index in [4.69, 9.17) is 5.10 Å². The number of aliphatic hydroxyl groups excluding tert-OH is 1. The quantitative estimate of drug-likeness (QED) is 0.246. The van der Waals surface area contributed by atoms with Crippen LogP contribution in [0.4, 0.5) is 19.6 Å². The lowest BCUT2D eigenvalue weighted by atomic mass is 9.95. The molecule has 222 valence electrons. The van der Waals surface area contributed by atoms with Gasteiger partial charge in [-0.2, -0.15) is 5.10 Å². The fourth-order valence-corrected chi connectivity index (χ4v) is 6.83. The first-order valence-corrected chi connectivity index (χ1v) is 15.3. The molecule has 0 saturated carbocycles. The molecule has 0 bridgehead atoms. The van der Waals surface area contributed by atoms with Gasteiger partial charge in [0.05, 0.1) is 23.6 Å². The summed E-state index contributed by atoms with van der Waals surface area (Å²) in [6, 6.07) is 8.46. The summed E-state index contributed by atoms with van der Waals surface area (Å²) in [4.78, 5) is 24.7. The van der Waals surface area contributed by atoms with Crippen molar-refractivity contribution in [1.82, 2.24) is 24.3 Å². The van der Waals surface area contributed by atoms with Crippen molar-refractivity contribution in [3.63, 3.8) is 0 Å². The smallest absolute Gasteiger partial charge is 0.264 e. The van der Waals surface area contributed by atoms with Crippen LogP contribution < -0.4 is 10.2 Å². The van der Waals surface area contributed by atoms with E-state index >= 15 is 0 Å². The summed E-state index contributed by atoms with van der Waals surface area (Å²) in [5.41, 5.74) is 5.07. The zero-order valence-electron chi connectivity index (χ0n) is 23.6. The number of carbonyl (C=O) groups excluding carboxylic acids is 1. The van der Waals surface area contributed by atoms with Gasteiger partial charge in [-0.25, -0.2) is 18.7 Å². The highest BCUT2D eigenvalue weighted by Gasteiger charge is 2.33. The van der Waals surface area contributed by atoms with Gasteiger partial charge in [-0.05, 0) is 67.5 Å². The molecule has 2 aliphatic heterocycles. The number of piperidine rings is 1. The monoisotopic (exact) mass is 603 g/mol. The number of alkyl halides is 2. The van der Waals surface area contributed by atoms with Gasteiger partial charge in [-0.15, -0.1) is 11.3 Å². The highest BCUT2D eigenvalue weighted by Crippen LogP contribution is 2.38. The Balaban J connectivity index is 1.30. The van der Waals surface area contributed by atoms with E-state index in [0.29, 0.717) is 27.3 Å². The van der Waals surface area contributed by atoms with Crippen LogP contribution in [-0.4, -0.2) is 54.5 Å². The standard InChI is InChI=1S/C31H31F2N7O2S/c1-18-22(19-4-6-20(7-5-19)38-12-8-21(41)9-13-38)15-23(29(32)33)24-16-40(37-26(18)24)28(30(42)36-31-34-10-14-43-31)27-25-3-2-11-39(25)17-35-27/h4-7,10,14-17,21,28-29,41H,2-3,8-9,11-13H2,1H3,(H,34,36,42). The number of aromatic nitrogens is 5. The molecule has 1 unspecified atom stereocenters. The second-order valence-corrected chi connectivity index (χ2v) is 12.1. The first kappa shape index (κ1) is 27.7. The maximum Gasteiger partial charge on any atom is 0.264 e. The lowest BCUT2D eigenvalue weighted by Crippen LogP contribution is -2.35. The first-order valence-electron chi connectivity index (χ1n) is 14.5. The minimum Gasteiger partial charge on any atom is -0.393 e. The summed E-state index contributed by atoms with van der Waals surface area (Å²) >= 11 is 1.30. The molecular weight excluding hydrogens is 572 g/mol. The van der Waals surface area contributed by atoms with Gasteiger partial charge in [0, 0.05) is 59.7 Å². The predicted octanol–water partition coefficient (Wildman–Crippen LogP) is 5.74. The largest absolute Gasteiger partial charge is 0.393 e. The Hall–Kier alpha value is -4.16. The zero-order chi connectivity index (χ0) is 29.7. The number of anilines is 2. The SMILES string of the molecule is Cc1c(-c2ccc(N3CCC(O)CC3)cc2)cc(C(F)F)c2cn(C(C(=O)Nc3nccs3)c3ncn4c3CCC4)nc12. The van der Waals surface area contributed by atoms with Crippen LogP contribution in [0.3, 0.4) is 0 Å². The minimum absolute atomic E-state index is 0.134. The Morgan fingerprint density at radius 1 is 1.14 bits per heavy atom. The van der Waals surface area contributed by atoms with Gasteiger partial charge in [-0.3, -0.25) is 14.8 Å². The van der Waals surface area contributed by atoms with Crippen molar-refractivity contribution >= 4 is 39.0 Å². The van der Waals surface area contributed by atoms with Crippen LogP contribution in [0.15, 0.2) is 54.4 Å². The maximum absolute atomic E-state index is 14.6. The molecule has 12 heteroatoms. The van der Waals surface area contributed by atoms with Crippen molar-refractivity contribution in [2.24, 2.45) is 0 Å². The van der Waals surface area contributed by atoms with E-state index in [9.17, 15) is 18.7 Å². The number of hydrogen-bond acceptors (Lipinski definition) is 7. The van der Waals surface area contributed by atoms with Crippen molar-refractivity contribution in [2.45, 2.75) is 57.7 Å². The molecule has 2 aliphatic rings. The van der Waals surface area contributed by atoms with Crippen LogP contribution in [0.1, 0.15) is 54.2 Å². The molecule has 1 saturated heterocycles. The number of fused-ring (bicyclic) bond motifs is 2. The van der Waals surface area contributed by atoms with E-state index in [1.165, 1.54) is 16.0 Å². The Morgan fingerprint density at radius 2 is 1.93 bits per heavy atom. The molecule has 1 amide bonds. The molecule has 2 aromatic carbocycles. The molecule has 1 atom stereocenters. The number of imidazole rings is 1. The number of hydrogen-bond donors (Lipinski definition) is 2. The summed E-state index contributed by atoms with van der Waals surface area (Å²) in [5.74, 6) is -0.381. The summed E-state index contributed by atoms with van der Waals surface area (Å²) in [5, 5.41) is 20.0. The van der Waals surface area contributed by atoms with Crippen molar-refractivity contribution in [3.8, 4) is 11.1 Å². The van der Waals surface area contributed by atoms with Crippen LogP contribution in [0.5, 0.6) is 0 Å². The van der Waals surface area contributed by atoms with Gasteiger partial charge < -0.3 is 14.6 Å². The van der Waals surface area contributed by atoms with E-state index in [-0.39, 0.29) is 17.6 Å². The molecular formula is C31H31F2N7O2S. The van der Waals surface area contributed by atoms with Gasteiger partial charge in [0.25, 0.3) is 12.3 Å². The molecule has 7 rings (SSSR count). The molecule has 1 fully saturated rings. The Morgan fingerprint density at radius 3 is 2.65 bits per heavy atom. The molecule has 5 heterocycles. The number of aryl methyl sites for hydroxylation is 2. The van der Waals surface area contributed by atoms with E-state index in [1.54, 1.807) is 30.2 Å². The van der Waals surface area contributed by atoms with Crippen molar-refractivity contribution in [2.75, 3.05) is 23.3 Å². The Bertz CT molecular complexity index is 1770. The first-order chi connectivity index (χ1) is 20.9. The summed E-state index contributed by atoms with van der Waals surface area (Å²) < 4.78 is 32.7. The highest BCUT2D eigenvalue weighted by atomic mass is 32.1. The normalized spacial score (nSPS) is 16.3. The summed E-state index contributed by atoms with van der Waals surface area (Å²) in [6.45, 7) is 4.25. The average molecular weight is 604 g/mol. The molecule has 3 aromatic heterocycles. The van der Waals surface area contributed by atoms with Crippen LogP contribution >= 0.6 is 11.3 Å². The number of nitrogens with one attached hydrogen (secondary N) is 1. The molecule has 9 nitrogen and oxygen atoms in total.